The number of aryl methyl sites for hydroxylation is 1. The zero-order chi connectivity index (χ0) is 17.5. The Morgan fingerprint density at radius 1 is 1.08 bits per heavy atom. The van der Waals surface area contributed by atoms with Crippen molar-refractivity contribution in [1.29, 1.82) is 0 Å². The molecule has 0 aliphatic carbocycles. The molecule has 0 amide bonds. The molecule has 0 saturated carbocycles. The van der Waals surface area contributed by atoms with Crippen molar-refractivity contribution in [3.8, 4) is 11.5 Å². The molecule has 3 nitrogen and oxygen atoms in total. The highest BCUT2D eigenvalue weighted by Gasteiger charge is 2.08. The lowest BCUT2D eigenvalue weighted by molar-refractivity contribution is 0.104. The summed E-state index contributed by atoms with van der Waals surface area (Å²) >= 11 is 0. The van der Waals surface area contributed by atoms with E-state index in [9.17, 15) is 4.79 Å². The van der Waals surface area contributed by atoms with Gasteiger partial charge in [0.2, 0.25) is 0 Å². The maximum absolute atomic E-state index is 12.2. The number of benzene rings is 2. The third-order valence-electron chi connectivity index (χ3n) is 3.39. The molecule has 2 rings (SSSR count). The van der Waals surface area contributed by atoms with Crippen LogP contribution in [0.2, 0.25) is 0 Å². The van der Waals surface area contributed by atoms with Gasteiger partial charge in [0, 0.05) is 5.56 Å². The van der Waals surface area contributed by atoms with Gasteiger partial charge in [-0.25, -0.2) is 0 Å². The molecule has 0 aliphatic rings. The van der Waals surface area contributed by atoms with Gasteiger partial charge in [0.1, 0.15) is 0 Å². The molecule has 0 atom stereocenters. The van der Waals surface area contributed by atoms with E-state index in [1.807, 2.05) is 70.2 Å². The monoisotopic (exact) mass is 324 g/mol. The molecule has 2 aromatic rings. The first kappa shape index (κ1) is 17.8. The molecule has 24 heavy (non-hydrogen) atoms. The number of carbonyl (C=O) groups excluding carboxylic acids is 1. The van der Waals surface area contributed by atoms with E-state index in [-0.39, 0.29) is 11.9 Å². The van der Waals surface area contributed by atoms with Crippen LogP contribution >= 0.6 is 0 Å². The van der Waals surface area contributed by atoms with Gasteiger partial charge in [0.25, 0.3) is 0 Å². The lowest BCUT2D eigenvalue weighted by atomic mass is 10.1. The Hall–Kier alpha value is -2.55. The molecule has 0 unspecified atom stereocenters. The van der Waals surface area contributed by atoms with Gasteiger partial charge >= 0.3 is 0 Å². The van der Waals surface area contributed by atoms with Crippen molar-refractivity contribution >= 4 is 11.9 Å². The van der Waals surface area contributed by atoms with E-state index in [0.29, 0.717) is 23.7 Å². The average molecular weight is 324 g/mol. The summed E-state index contributed by atoms with van der Waals surface area (Å²) in [5, 5.41) is 0. The molecule has 0 bridgehead atoms. The Morgan fingerprint density at radius 3 is 2.42 bits per heavy atom. The van der Waals surface area contributed by atoms with Crippen LogP contribution in [0.15, 0.2) is 48.5 Å². The van der Waals surface area contributed by atoms with E-state index in [0.717, 1.165) is 11.1 Å². The van der Waals surface area contributed by atoms with Crippen LogP contribution in [0.25, 0.3) is 6.08 Å². The second-order valence-corrected chi connectivity index (χ2v) is 5.87. The second-order valence-electron chi connectivity index (χ2n) is 5.87. The van der Waals surface area contributed by atoms with Crippen molar-refractivity contribution in [2.24, 2.45) is 0 Å². The highest BCUT2D eigenvalue weighted by molar-refractivity contribution is 6.06. The highest BCUT2D eigenvalue weighted by Crippen LogP contribution is 2.30. The smallest absolute Gasteiger partial charge is 0.185 e. The van der Waals surface area contributed by atoms with Crippen LogP contribution in [-0.2, 0) is 0 Å². The largest absolute Gasteiger partial charge is 0.490 e. The summed E-state index contributed by atoms with van der Waals surface area (Å²) in [4.78, 5) is 12.2. The van der Waals surface area contributed by atoms with E-state index in [4.69, 9.17) is 9.47 Å². The minimum Gasteiger partial charge on any atom is -0.490 e. The first-order valence-corrected chi connectivity index (χ1v) is 8.22. The van der Waals surface area contributed by atoms with Crippen LogP contribution in [0, 0.1) is 6.92 Å². The number of carbonyl (C=O) groups is 1. The Kier molecular flexibility index (Phi) is 6.19. The van der Waals surface area contributed by atoms with Crippen LogP contribution in [0.1, 0.15) is 42.3 Å². The fourth-order valence-corrected chi connectivity index (χ4v) is 2.23. The summed E-state index contributed by atoms with van der Waals surface area (Å²) in [5.41, 5.74) is 2.72. The Labute approximate surface area is 143 Å². The maximum atomic E-state index is 12.2. The van der Waals surface area contributed by atoms with Gasteiger partial charge in [-0.05, 0) is 51.5 Å². The van der Waals surface area contributed by atoms with Crippen molar-refractivity contribution in [2.45, 2.75) is 33.8 Å². The van der Waals surface area contributed by atoms with Crippen molar-refractivity contribution in [3.05, 3.63) is 65.2 Å². The number of rotatable bonds is 7. The molecular formula is C21H24O3. The standard InChI is InChI=1S/C21H24O3/c1-5-23-21-14-17(9-13-20(21)24-15(2)3)8-12-19(22)18-10-6-16(4)7-11-18/h6-15H,5H2,1-4H3/b12-8+. The zero-order valence-corrected chi connectivity index (χ0v) is 14.7. The fourth-order valence-electron chi connectivity index (χ4n) is 2.23. The molecule has 0 heterocycles. The van der Waals surface area contributed by atoms with Crippen molar-refractivity contribution in [1.82, 2.24) is 0 Å². The van der Waals surface area contributed by atoms with Gasteiger partial charge < -0.3 is 9.47 Å². The predicted molar refractivity (Wildman–Crippen MR) is 97.9 cm³/mol. The van der Waals surface area contributed by atoms with Crippen molar-refractivity contribution in [3.63, 3.8) is 0 Å². The summed E-state index contributed by atoms with van der Waals surface area (Å²) in [5.74, 6) is 1.39. The second kappa shape index (κ2) is 8.34. The molecule has 0 aliphatic heterocycles. The summed E-state index contributed by atoms with van der Waals surface area (Å²) < 4.78 is 11.4. The molecule has 2 aromatic carbocycles. The predicted octanol–water partition coefficient (Wildman–Crippen LogP) is 5.08. The number of ether oxygens (including phenoxy) is 2. The van der Waals surface area contributed by atoms with Gasteiger partial charge in [-0.1, -0.05) is 42.0 Å². The molecule has 0 radical (unpaired) electrons. The van der Waals surface area contributed by atoms with E-state index in [1.54, 1.807) is 12.2 Å². The molecule has 0 N–H and O–H groups in total. The van der Waals surface area contributed by atoms with Gasteiger partial charge in [0.15, 0.2) is 17.3 Å². The van der Waals surface area contributed by atoms with Gasteiger partial charge in [0.05, 0.1) is 12.7 Å². The fraction of sp³-hybridized carbons (Fsp3) is 0.286. The van der Waals surface area contributed by atoms with Crippen molar-refractivity contribution < 1.29 is 14.3 Å². The third kappa shape index (κ3) is 4.98. The normalized spacial score (nSPS) is 11.0. The SMILES string of the molecule is CCOc1cc(/C=C/C(=O)c2ccc(C)cc2)ccc1OC(C)C. The first-order chi connectivity index (χ1) is 11.5. The Balaban J connectivity index is 2.17. The topological polar surface area (TPSA) is 35.5 Å². The minimum atomic E-state index is -0.0181. The third-order valence-corrected chi connectivity index (χ3v) is 3.39. The molecule has 3 heteroatoms. The Bertz CT molecular complexity index is 712. The maximum Gasteiger partial charge on any atom is 0.185 e. The summed E-state index contributed by atoms with van der Waals surface area (Å²) in [6.07, 6.45) is 3.46. The van der Waals surface area contributed by atoms with Crippen LogP contribution < -0.4 is 9.47 Å². The van der Waals surface area contributed by atoms with E-state index in [2.05, 4.69) is 0 Å². The molecule has 0 aromatic heterocycles. The lowest BCUT2D eigenvalue weighted by Gasteiger charge is -2.14. The van der Waals surface area contributed by atoms with Crippen LogP contribution in [0.3, 0.4) is 0 Å². The molecule has 0 spiro atoms. The number of hydrogen-bond acceptors (Lipinski definition) is 3. The number of allylic oxidation sites excluding steroid dienone is 1. The summed E-state index contributed by atoms with van der Waals surface area (Å²) in [6, 6.07) is 13.2. The van der Waals surface area contributed by atoms with Gasteiger partial charge in [-0.15, -0.1) is 0 Å². The summed E-state index contributed by atoms with van der Waals surface area (Å²) in [6.45, 7) is 8.44. The van der Waals surface area contributed by atoms with Gasteiger partial charge in [-0.3, -0.25) is 4.79 Å². The minimum absolute atomic E-state index is 0.0181. The highest BCUT2D eigenvalue weighted by atomic mass is 16.5. The zero-order valence-electron chi connectivity index (χ0n) is 14.7. The Morgan fingerprint density at radius 2 is 1.79 bits per heavy atom. The van der Waals surface area contributed by atoms with Crippen molar-refractivity contribution in [2.75, 3.05) is 6.61 Å². The van der Waals surface area contributed by atoms with Crippen LogP contribution in [0.5, 0.6) is 11.5 Å². The molecule has 126 valence electrons. The quantitative estimate of drug-likeness (QED) is 0.526. The summed E-state index contributed by atoms with van der Waals surface area (Å²) in [7, 11) is 0. The van der Waals surface area contributed by atoms with Crippen LogP contribution in [0.4, 0.5) is 0 Å². The van der Waals surface area contributed by atoms with E-state index >= 15 is 0 Å². The average Bonchev–Trinajstić information content (AvgIpc) is 2.55. The first-order valence-electron chi connectivity index (χ1n) is 8.22. The van der Waals surface area contributed by atoms with Gasteiger partial charge in [-0.2, -0.15) is 0 Å². The molecule has 0 saturated heterocycles. The molecule has 0 fully saturated rings. The van der Waals surface area contributed by atoms with Crippen LogP contribution in [-0.4, -0.2) is 18.5 Å². The number of ketones is 1. The lowest BCUT2D eigenvalue weighted by Crippen LogP contribution is -2.07. The van der Waals surface area contributed by atoms with E-state index < -0.39 is 0 Å². The van der Waals surface area contributed by atoms with E-state index in [1.165, 1.54) is 0 Å². The number of hydrogen-bond donors (Lipinski definition) is 0. The molecular weight excluding hydrogens is 300 g/mol.